The summed E-state index contributed by atoms with van der Waals surface area (Å²) in [5.41, 5.74) is -1.71. The molecule has 1 aliphatic carbocycles. The summed E-state index contributed by atoms with van der Waals surface area (Å²) in [6.07, 6.45) is 1.84. The topological polar surface area (TPSA) is 101 Å². The Morgan fingerprint density at radius 2 is 2.09 bits per heavy atom. The van der Waals surface area contributed by atoms with Crippen molar-refractivity contribution < 1.29 is 29.0 Å². The fraction of sp³-hybridized carbons (Fsp3) is 0.500. The summed E-state index contributed by atoms with van der Waals surface area (Å²) in [6.45, 7) is 8.20. The highest BCUT2D eigenvalue weighted by Gasteiger charge is 2.63. The minimum absolute atomic E-state index is 0.256. The molecule has 3 atom stereocenters. The molecular formula is C16H19NO6. The van der Waals surface area contributed by atoms with Gasteiger partial charge in [-0.05, 0) is 19.8 Å². The zero-order valence-electron chi connectivity index (χ0n) is 12.9. The van der Waals surface area contributed by atoms with Gasteiger partial charge in [-0.1, -0.05) is 26.0 Å². The largest absolute Gasteiger partial charge is 0.478 e. The quantitative estimate of drug-likeness (QED) is 0.464. The number of esters is 1. The van der Waals surface area contributed by atoms with Gasteiger partial charge in [0.1, 0.15) is 0 Å². The van der Waals surface area contributed by atoms with Gasteiger partial charge in [-0.3, -0.25) is 9.59 Å². The lowest BCUT2D eigenvalue weighted by Crippen LogP contribution is -2.45. The second-order valence-electron chi connectivity index (χ2n) is 5.81. The third kappa shape index (κ3) is 2.46. The average molecular weight is 321 g/mol. The van der Waals surface area contributed by atoms with Crippen LogP contribution in [0, 0.1) is 11.3 Å². The highest BCUT2D eigenvalue weighted by molar-refractivity contribution is 6.13. The van der Waals surface area contributed by atoms with Crippen molar-refractivity contribution >= 4 is 23.8 Å². The second-order valence-corrected chi connectivity index (χ2v) is 5.81. The first-order chi connectivity index (χ1) is 10.8. The molecule has 2 fully saturated rings. The van der Waals surface area contributed by atoms with Gasteiger partial charge in [0.15, 0.2) is 6.23 Å². The lowest BCUT2D eigenvalue weighted by atomic mass is 9.64. The standard InChI is InChI=1S/C16H19NO6/c1-4-12(18)23-10(3)17-13(19)11-7-5-6-8-16(11,15(17)22)9(2)14(20)21/h4,10-11H,1-2,5-8H2,3H3,(H,20,21). The summed E-state index contributed by atoms with van der Waals surface area (Å²) in [5.74, 6) is -3.99. The SMILES string of the molecule is C=CC(=O)OC(C)N1C(=O)C2CCCCC2(C(=C)C(=O)O)C1=O. The number of rotatable bonds is 5. The van der Waals surface area contributed by atoms with Crippen molar-refractivity contribution in [2.24, 2.45) is 11.3 Å². The summed E-state index contributed by atoms with van der Waals surface area (Å²) < 4.78 is 4.97. The molecule has 2 amide bonds. The number of amides is 2. The van der Waals surface area contributed by atoms with Crippen LogP contribution < -0.4 is 0 Å². The molecule has 0 radical (unpaired) electrons. The fourth-order valence-corrected chi connectivity index (χ4v) is 3.54. The molecule has 0 bridgehead atoms. The van der Waals surface area contributed by atoms with Crippen LogP contribution in [-0.2, 0) is 23.9 Å². The molecule has 1 saturated carbocycles. The van der Waals surface area contributed by atoms with Gasteiger partial charge in [0, 0.05) is 11.6 Å². The Labute approximate surface area is 133 Å². The normalized spacial score (nSPS) is 28.0. The molecule has 23 heavy (non-hydrogen) atoms. The molecule has 1 aliphatic heterocycles. The van der Waals surface area contributed by atoms with E-state index >= 15 is 0 Å². The van der Waals surface area contributed by atoms with E-state index in [0.29, 0.717) is 12.8 Å². The van der Waals surface area contributed by atoms with Crippen LogP contribution in [0.25, 0.3) is 0 Å². The van der Waals surface area contributed by atoms with Crippen molar-refractivity contribution in [3.63, 3.8) is 0 Å². The maximum atomic E-state index is 12.9. The second kappa shape index (κ2) is 5.98. The Morgan fingerprint density at radius 3 is 2.65 bits per heavy atom. The molecule has 1 saturated heterocycles. The van der Waals surface area contributed by atoms with Crippen molar-refractivity contribution in [3.05, 3.63) is 24.8 Å². The van der Waals surface area contributed by atoms with Gasteiger partial charge in [0.25, 0.3) is 0 Å². The van der Waals surface area contributed by atoms with E-state index < -0.39 is 41.3 Å². The van der Waals surface area contributed by atoms with E-state index in [4.69, 9.17) is 4.74 Å². The Bertz CT molecular complexity index is 610. The number of aliphatic carboxylic acids is 1. The number of hydrogen-bond donors (Lipinski definition) is 1. The molecule has 0 spiro atoms. The highest BCUT2D eigenvalue weighted by atomic mass is 16.6. The van der Waals surface area contributed by atoms with Crippen LogP contribution >= 0.6 is 0 Å². The summed E-state index contributed by atoms with van der Waals surface area (Å²) in [4.78, 5) is 49.1. The lowest BCUT2D eigenvalue weighted by molar-refractivity contribution is -0.163. The molecule has 1 heterocycles. The van der Waals surface area contributed by atoms with Crippen LogP contribution in [0.2, 0.25) is 0 Å². The minimum Gasteiger partial charge on any atom is -0.478 e. The number of ether oxygens (including phenoxy) is 1. The zero-order valence-corrected chi connectivity index (χ0v) is 12.9. The van der Waals surface area contributed by atoms with E-state index in [1.54, 1.807) is 0 Å². The van der Waals surface area contributed by atoms with E-state index in [2.05, 4.69) is 13.2 Å². The van der Waals surface area contributed by atoms with Crippen molar-refractivity contribution in [2.75, 3.05) is 0 Å². The number of nitrogens with zero attached hydrogens (tertiary/aromatic N) is 1. The summed E-state index contributed by atoms with van der Waals surface area (Å²) >= 11 is 0. The smallest absolute Gasteiger partial charge is 0.332 e. The van der Waals surface area contributed by atoms with Gasteiger partial charge in [-0.15, -0.1) is 0 Å². The van der Waals surface area contributed by atoms with E-state index in [9.17, 15) is 24.3 Å². The first-order valence-electron chi connectivity index (χ1n) is 7.40. The van der Waals surface area contributed by atoms with Gasteiger partial charge in [0.2, 0.25) is 11.8 Å². The van der Waals surface area contributed by atoms with Gasteiger partial charge in [0.05, 0.1) is 11.3 Å². The Hall–Kier alpha value is -2.44. The number of carbonyl (C=O) groups excluding carboxylic acids is 3. The van der Waals surface area contributed by atoms with Gasteiger partial charge < -0.3 is 9.84 Å². The number of carboxylic acids is 1. The first kappa shape index (κ1) is 16.9. The number of carbonyl (C=O) groups is 4. The molecular weight excluding hydrogens is 302 g/mol. The third-order valence-electron chi connectivity index (χ3n) is 4.66. The summed E-state index contributed by atoms with van der Waals surface area (Å²) in [5, 5.41) is 9.31. The molecule has 2 aliphatic rings. The maximum Gasteiger partial charge on any atom is 0.332 e. The molecule has 1 N–H and O–H groups in total. The van der Waals surface area contributed by atoms with E-state index in [-0.39, 0.29) is 12.0 Å². The van der Waals surface area contributed by atoms with Crippen LogP contribution in [0.1, 0.15) is 32.6 Å². The van der Waals surface area contributed by atoms with Crippen LogP contribution in [0.5, 0.6) is 0 Å². The Balaban J connectivity index is 2.42. The molecule has 124 valence electrons. The van der Waals surface area contributed by atoms with Crippen LogP contribution in [0.3, 0.4) is 0 Å². The van der Waals surface area contributed by atoms with E-state index in [0.717, 1.165) is 17.4 Å². The monoisotopic (exact) mass is 321 g/mol. The predicted molar refractivity (Wildman–Crippen MR) is 78.8 cm³/mol. The molecule has 0 aromatic carbocycles. The molecule has 7 heteroatoms. The number of hydrogen-bond acceptors (Lipinski definition) is 5. The van der Waals surface area contributed by atoms with Crippen molar-refractivity contribution in [1.82, 2.24) is 4.90 Å². The van der Waals surface area contributed by atoms with Gasteiger partial charge >= 0.3 is 11.9 Å². The lowest BCUT2D eigenvalue weighted by Gasteiger charge is -2.35. The maximum absolute atomic E-state index is 12.9. The van der Waals surface area contributed by atoms with Crippen molar-refractivity contribution in [1.29, 1.82) is 0 Å². The number of carboxylic acid groups (broad SMARTS) is 1. The van der Waals surface area contributed by atoms with Crippen LogP contribution in [-0.4, -0.2) is 40.0 Å². The molecule has 2 rings (SSSR count). The average Bonchev–Trinajstić information content (AvgIpc) is 2.75. The number of imide groups is 1. The third-order valence-corrected chi connectivity index (χ3v) is 4.66. The Morgan fingerprint density at radius 1 is 1.43 bits per heavy atom. The number of fused-ring (bicyclic) bond motifs is 1. The van der Waals surface area contributed by atoms with Crippen molar-refractivity contribution in [2.45, 2.75) is 38.8 Å². The fourth-order valence-electron chi connectivity index (χ4n) is 3.54. The zero-order chi connectivity index (χ0) is 17.4. The summed E-state index contributed by atoms with van der Waals surface area (Å²) in [7, 11) is 0. The van der Waals surface area contributed by atoms with Crippen molar-refractivity contribution in [3.8, 4) is 0 Å². The molecule has 3 unspecified atom stereocenters. The molecule has 0 aromatic rings. The van der Waals surface area contributed by atoms with E-state index in [1.165, 1.54) is 6.92 Å². The molecule has 0 aromatic heterocycles. The Kier molecular flexibility index (Phi) is 4.40. The van der Waals surface area contributed by atoms with Gasteiger partial charge in [-0.2, -0.15) is 0 Å². The van der Waals surface area contributed by atoms with Crippen LogP contribution in [0.15, 0.2) is 24.8 Å². The summed E-state index contributed by atoms with van der Waals surface area (Å²) in [6, 6.07) is 0. The van der Waals surface area contributed by atoms with E-state index in [1.807, 2.05) is 0 Å². The number of likely N-dealkylation sites (tertiary alicyclic amines) is 1. The van der Waals surface area contributed by atoms with Crippen LogP contribution in [0.4, 0.5) is 0 Å². The van der Waals surface area contributed by atoms with Gasteiger partial charge in [-0.25, -0.2) is 14.5 Å². The highest BCUT2D eigenvalue weighted by Crippen LogP contribution is 2.53. The first-order valence-corrected chi connectivity index (χ1v) is 7.40. The molecule has 7 nitrogen and oxygen atoms in total. The predicted octanol–water partition coefficient (Wildman–Crippen LogP) is 1.25. The minimum atomic E-state index is -1.43.